The molecular weight excluding hydrogens is 300 g/mol. The quantitative estimate of drug-likeness (QED) is 0.808. The molecule has 21 heavy (non-hydrogen) atoms. The first-order chi connectivity index (χ1) is 9.99. The van der Waals surface area contributed by atoms with Gasteiger partial charge < -0.3 is 4.90 Å². The summed E-state index contributed by atoms with van der Waals surface area (Å²) in [6.07, 6.45) is 0.423. The van der Waals surface area contributed by atoms with Gasteiger partial charge in [-0.05, 0) is 6.07 Å². The molecule has 6 nitrogen and oxygen atoms in total. The Morgan fingerprint density at radius 2 is 2.29 bits per heavy atom. The second-order valence-electron chi connectivity index (χ2n) is 4.46. The molecule has 0 unspecified atom stereocenters. The Kier molecular flexibility index (Phi) is 3.20. The molecule has 1 amide bonds. The van der Waals surface area contributed by atoms with Crippen LogP contribution in [-0.4, -0.2) is 32.9 Å². The second-order valence-corrected chi connectivity index (χ2v) is 5.49. The monoisotopic (exact) mass is 311 g/mol. The zero-order valence-electron chi connectivity index (χ0n) is 11.2. The van der Waals surface area contributed by atoms with Crippen molar-refractivity contribution in [3.8, 4) is 0 Å². The van der Waals surface area contributed by atoms with Crippen LogP contribution in [0.15, 0.2) is 18.5 Å². The smallest absolute Gasteiger partial charge is 0.282 e. The van der Waals surface area contributed by atoms with Gasteiger partial charge in [0.15, 0.2) is 0 Å². The molecule has 0 aliphatic rings. The van der Waals surface area contributed by atoms with E-state index in [0.29, 0.717) is 20.8 Å². The number of aromatic amines is 1. The van der Waals surface area contributed by atoms with Crippen LogP contribution in [-0.2, 0) is 7.05 Å². The standard InChI is InChI=1S/C12H11F2N5OS/c1-18(6-4-15-16-5-6)11(20)8-3-7-9(10(13)14)17-19(2)12(7)21-8/h3-5,10H,1-2H3,(H,15,16). The van der Waals surface area contributed by atoms with Gasteiger partial charge in [-0.1, -0.05) is 0 Å². The van der Waals surface area contributed by atoms with Gasteiger partial charge in [-0.15, -0.1) is 11.3 Å². The van der Waals surface area contributed by atoms with Crippen LogP contribution in [0.2, 0.25) is 0 Å². The normalized spacial score (nSPS) is 11.5. The summed E-state index contributed by atoms with van der Waals surface area (Å²) >= 11 is 1.14. The summed E-state index contributed by atoms with van der Waals surface area (Å²) in [5.41, 5.74) is 0.304. The highest BCUT2D eigenvalue weighted by atomic mass is 32.1. The average molecular weight is 311 g/mol. The van der Waals surface area contributed by atoms with E-state index in [9.17, 15) is 13.6 Å². The molecule has 3 rings (SSSR count). The molecule has 3 aromatic rings. The number of aryl methyl sites for hydroxylation is 1. The summed E-state index contributed by atoms with van der Waals surface area (Å²) in [7, 11) is 3.18. The van der Waals surface area contributed by atoms with E-state index in [4.69, 9.17) is 0 Å². The molecule has 0 saturated carbocycles. The summed E-state index contributed by atoms with van der Waals surface area (Å²) in [4.78, 5) is 14.7. The van der Waals surface area contributed by atoms with E-state index in [2.05, 4.69) is 15.3 Å². The number of carbonyl (C=O) groups is 1. The molecule has 0 bridgehead atoms. The van der Waals surface area contributed by atoms with Crippen LogP contribution in [0.1, 0.15) is 21.8 Å². The largest absolute Gasteiger partial charge is 0.308 e. The molecule has 3 heterocycles. The van der Waals surface area contributed by atoms with Gasteiger partial charge in [-0.3, -0.25) is 14.6 Å². The second kappa shape index (κ2) is 4.92. The Bertz CT molecular complexity index is 792. The maximum Gasteiger partial charge on any atom is 0.282 e. The topological polar surface area (TPSA) is 66.8 Å². The molecule has 1 N–H and O–H groups in total. The molecule has 0 fully saturated rings. The highest BCUT2D eigenvalue weighted by molar-refractivity contribution is 7.20. The lowest BCUT2D eigenvalue weighted by molar-refractivity contribution is 0.0996. The predicted octanol–water partition coefficient (Wildman–Crippen LogP) is 2.57. The average Bonchev–Trinajstić information content (AvgIpc) is 3.14. The van der Waals surface area contributed by atoms with Crippen molar-refractivity contribution in [3.63, 3.8) is 0 Å². The van der Waals surface area contributed by atoms with E-state index >= 15 is 0 Å². The van der Waals surface area contributed by atoms with Gasteiger partial charge in [0, 0.05) is 25.7 Å². The molecule has 3 aromatic heterocycles. The lowest BCUT2D eigenvalue weighted by Crippen LogP contribution is -2.24. The number of aromatic nitrogens is 4. The minimum Gasteiger partial charge on any atom is -0.308 e. The number of amides is 1. The molecule has 0 aliphatic carbocycles. The molecule has 0 atom stereocenters. The van der Waals surface area contributed by atoms with Crippen LogP contribution in [0.25, 0.3) is 10.2 Å². The lowest BCUT2D eigenvalue weighted by atomic mass is 10.3. The summed E-state index contributed by atoms with van der Waals surface area (Å²) < 4.78 is 27.2. The SMILES string of the molecule is CN(C(=O)c1cc2c(C(F)F)nn(C)c2s1)c1cn[nH]c1. The Morgan fingerprint density at radius 3 is 2.90 bits per heavy atom. The van der Waals surface area contributed by atoms with Crippen molar-refractivity contribution in [2.45, 2.75) is 6.43 Å². The number of hydrogen-bond donors (Lipinski definition) is 1. The highest BCUT2D eigenvalue weighted by Crippen LogP contribution is 2.33. The Balaban J connectivity index is 2.01. The maximum absolute atomic E-state index is 12.9. The number of nitrogens with one attached hydrogen (secondary N) is 1. The number of fused-ring (bicyclic) bond motifs is 1. The number of rotatable bonds is 3. The first-order valence-electron chi connectivity index (χ1n) is 6.00. The van der Waals surface area contributed by atoms with E-state index in [1.807, 2.05) is 0 Å². The minimum atomic E-state index is -2.67. The number of hydrogen-bond acceptors (Lipinski definition) is 4. The molecule has 9 heteroatoms. The van der Waals surface area contributed by atoms with Crippen molar-refractivity contribution in [2.24, 2.45) is 7.05 Å². The van der Waals surface area contributed by atoms with E-state index < -0.39 is 6.43 Å². The van der Waals surface area contributed by atoms with E-state index in [-0.39, 0.29) is 11.6 Å². The van der Waals surface area contributed by atoms with Crippen molar-refractivity contribution in [1.29, 1.82) is 0 Å². The number of carbonyl (C=O) groups excluding carboxylic acids is 1. The molecular formula is C12H11F2N5OS. The maximum atomic E-state index is 12.9. The van der Waals surface area contributed by atoms with E-state index in [0.717, 1.165) is 11.3 Å². The van der Waals surface area contributed by atoms with Gasteiger partial charge in [0.05, 0.1) is 16.8 Å². The van der Waals surface area contributed by atoms with Crippen molar-refractivity contribution in [1.82, 2.24) is 20.0 Å². The van der Waals surface area contributed by atoms with E-state index in [1.165, 1.54) is 21.8 Å². The van der Waals surface area contributed by atoms with E-state index in [1.54, 1.807) is 20.3 Å². The number of halogens is 2. The van der Waals surface area contributed by atoms with Crippen LogP contribution in [0.3, 0.4) is 0 Å². The first kappa shape index (κ1) is 13.7. The van der Waals surface area contributed by atoms with Crippen molar-refractivity contribution < 1.29 is 13.6 Å². The molecule has 0 radical (unpaired) electrons. The number of nitrogens with zero attached hydrogens (tertiary/aromatic N) is 4. The third-order valence-electron chi connectivity index (χ3n) is 3.13. The fraction of sp³-hybridized carbons (Fsp3) is 0.250. The van der Waals surface area contributed by atoms with Gasteiger partial charge in [-0.25, -0.2) is 8.78 Å². The third-order valence-corrected chi connectivity index (χ3v) is 4.32. The predicted molar refractivity (Wildman–Crippen MR) is 74.9 cm³/mol. The first-order valence-corrected chi connectivity index (χ1v) is 6.82. The summed E-state index contributed by atoms with van der Waals surface area (Å²) in [5.74, 6) is -0.280. The summed E-state index contributed by atoms with van der Waals surface area (Å²) in [6.45, 7) is 0. The fourth-order valence-corrected chi connectivity index (χ4v) is 3.10. The number of anilines is 1. The lowest BCUT2D eigenvalue weighted by Gasteiger charge is -2.13. The van der Waals surface area contributed by atoms with Crippen LogP contribution >= 0.6 is 11.3 Å². The van der Waals surface area contributed by atoms with Crippen LogP contribution < -0.4 is 4.90 Å². The Morgan fingerprint density at radius 1 is 1.52 bits per heavy atom. The van der Waals surface area contributed by atoms with Gasteiger partial charge >= 0.3 is 0 Å². The van der Waals surface area contributed by atoms with Crippen LogP contribution in [0.5, 0.6) is 0 Å². The Hall–Kier alpha value is -2.29. The van der Waals surface area contributed by atoms with Crippen molar-refractivity contribution >= 4 is 33.1 Å². The molecule has 0 aliphatic heterocycles. The van der Waals surface area contributed by atoms with Gasteiger partial charge in [0.25, 0.3) is 12.3 Å². The fourth-order valence-electron chi connectivity index (χ4n) is 2.04. The van der Waals surface area contributed by atoms with Gasteiger partial charge in [0.2, 0.25) is 0 Å². The number of alkyl halides is 2. The van der Waals surface area contributed by atoms with Gasteiger partial charge in [-0.2, -0.15) is 10.2 Å². The van der Waals surface area contributed by atoms with Crippen molar-refractivity contribution in [3.05, 3.63) is 29.0 Å². The van der Waals surface area contributed by atoms with Crippen molar-refractivity contribution in [2.75, 3.05) is 11.9 Å². The molecule has 0 spiro atoms. The highest BCUT2D eigenvalue weighted by Gasteiger charge is 2.23. The molecule has 110 valence electrons. The summed E-state index contributed by atoms with van der Waals surface area (Å²) in [5, 5.41) is 10.5. The minimum absolute atomic E-state index is 0.280. The molecule has 0 aromatic carbocycles. The van der Waals surface area contributed by atoms with Crippen LogP contribution in [0, 0.1) is 0 Å². The summed E-state index contributed by atoms with van der Waals surface area (Å²) in [6, 6.07) is 1.47. The van der Waals surface area contributed by atoms with Crippen LogP contribution in [0.4, 0.5) is 14.5 Å². The number of H-pyrrole nitrogens is 1. The van der Waals surface area contributed by atoms with Gasteiger partial charge in [0.1, 0.15) is 10.5 Å². The zero-order valence-corrected chi connectivity index (χ0v) is 12.0. The molecule has 0 saturated heterocycles. The Labute approximate surface area is 122 Å². The zero-order chi connectivity index (χ0) is 15.1. The number of thiophene rings is 1. The third kappa shape index (κ3) is 2.19.